The van der Waals surface area contributed by atoms with E-state index in [-0.39, 0.29) is 10.9 Å². The Morgan fingerprint density at radius 2 is 1.72 bits per heavy atom. The van der Waals surface area contributed by atoms with Gasteiger partial charge in [0.25, 0.3) is 5.91 Å². The lowest BCUT2D eigenvalue weighted by Crippen LogP contribution is -2.19. The maximum absolute atomic E-state index is 12.4. The number of nitrogens with two attached hydrogens (primary N) is 1. The Balaban J connectivity index is 2.17. The molecule has 0 saturated carbocycles. The van der Waals surface area contributed by atoms with E-state index in [1.54, 1.807) is 30.3 Å². The number of hydrogen-bond donors (Lipinski definition) is 3. The van der Waals surface area contributed by atoms with Crippen molar-refractivity contribution < 1.29 is 19.1 Å². The van der Waals surface area contributed by atoms with Crippen molar-refractivity contribution in [1.82, 2.24) is 0 Å². The van der Waals surface area contributed by atoms with E-state index in [2.05, 4.69) is 10.6 Å². The van der Waals surface area contributed by atoms with Gasteiger partial charge in [-0.2, -0.15) is 0 Å². The molecule has 0 bridgehead atoms. The van der Waals surface area contributed by atoms with Crippen LogP contribution in [0.5, 0.6) is 11.5 Å². The SMILES string of the molecule is CCOc1c(Cl)cc(C(=O)Nc2ccc(NC(N)=O)cc2)cc1OC. The minimum absolute atomic E-state index is 0.285. The Kier molecular flexibility index (Phi) is 6.08. The van der Waals surface area contributed by atoms with Gasteiger partial charge >= 0.3 is 6.03 Å². The van der Waals surface area contributed by atoms with Crippen molar-refractivity contribution in [3.63, 3.8) is 0 Å². The van der Waals surface area contributed by atoms with Crippen LogP contribution in [-0.4, -0.2) is 25.7 Å². The van der Waals surface area contributed by atoms with Crippen LogP contribution in [-0.2, 0) is 0 Å². The van der Waals surface area contributed by atoms with Crippen molar-refractivity contribution in [2.45, 2.75) is 6.92 Å². The Labute approximate surface area is 150 Å². The second-order valence-corrected chi connectivity index (χ2v) is 5.35. The molecule has 2 aromatic rings. The highest BCUT2D eigenvalue weighted by Crippen LogP contribution is 2.36. The van der Waals surface area contributed by atoms with Gasteiger partial charge in [-0.1, -0.05) is 11.6 Å². The third kappa shape index (κ3) is 4.77. The smallest absolute Gasteiger partial charge is 0.316 e. The van der Waals surface area contributed by atoms with Gasteiger partial charge in [0.2, 0.25) is 0 Å². The van der Waals surface area contributed by atoms with Gasteiger partial charge in [0.15, 0.2) is 11.5 Å². The van der Waals surface area contributed by atoms with E-state index in [1.165, 1.54) is 13.2 Å². The molecule has 2 rings (SSSR count). The summed E-state index contributed by atoms with van der Waals surface area (Å²) in [6.45, 7) is 2.25. The zero-order chi connectivity index (χ0) is 18.4. The van der Waals surface area contributed by atoms with E-state index < -0.39 is 6.03 Å². The summed E-state index contributed by atoms with van der Waals surface area (Å²) in [4.78, 5) is 23.2. The number of benzene rings is 2. The van der Waals surface area contributed by atoms with E-state index in [0.717, 1.165) is 0 Å². The van der Waals surface area contributed by atoms with Crippen LogP contribution in [0.15, 0.2) is 36.4 Å². The number of carbonyl (C=O) groups excluding carboxylic acids is 2. The fraction of sp³-hybridized carbons (Fsp3) is 0.176. The van der Waals surface area contributed by atoms with Crippen molar-refractivity contribution in [2.75, 3.05) is 24.4 Å². The summed E-state index contributed by atoms with van der Waals surface area (Å²) in [6, 6.07) is 8.90. The molecule has 0 radical (unpaired) electrons. The lowest BCUT2D eigenvalue weighted by molar-refractivity contribution is 0.102. The van der Waals surface area contributed by atoms with E-state index in [4.69, 9.17) is 26.8 Å². The van der Waals surface area contributed by atoms with Gasteiger partial charge in [-0.05, 0) is 43.3 Å². The van der Waals surface area contributed by atoms with Gasteiger partial charge in [0, 0.05) is 16.9 Å². The van der Waals surface area contributed by atoms with Gasteiger partial charge < -0.3 is 25.8 Å². The van der Waals surface area contributed by atoms with Crippen LogP contribution in [0.4, 0.5) is 16.2 Å². The Bertz CT molecular complexity index is 778. The second kappa shape index (κ2) is 8.25. The summed E-state index contributed by atoms with van der Waals surface area (Å²) >= 11 is 6.17. The van der Waals surface area contributed by atoms with Gasteiger partial charge in [0.1, 0.15) is 0 Å². The Hall–Kier alpha value is -2.93. The molecule has 0 aliphatic rings. The zero-order valence-electron chi connectivity index (χ0n) is 13.8. The molecule has 0 atom stereocenters. The fourth-order valence-corrected chi connectivity index (χ4v) is 2.38. The molecule has 0 heterocycles. The Morgan fingerprint density at radius 3 is 2.24 bits per heavy atom. The minimum Gasteiger partial charge on any atom is -0.493 e. The van der Waals surface area contributed by atoms with Crippen molar-refractivity contribution in [1.29, 1.82) is 0 Å². The summed E-state index contributed by atoms with van der Waals surface area (Å²) in [5.41, 5.74) is 6.43. The summed E-state index contributed by atoms with van der Waals surface area (Å²) in [7, 11) is 1.47. The van der Waals surface area contributed by atoms with Crippen LogP contribution in [0.3, 0.4) is 0 Å². The van der Waals surface area contributed by atoms with Crippen LogP contribution in [0.25, 0.3) is 0 Å². The predicted octanol–water partition coefficient (Wildman–Crippen LogP) is 3.49. The van der Waals surface area contributed by atoms with Crippen molar-refractivity contribution >= 4 is 34.9 Å². The number of primary amides is 1. The first-order valence-electron chi connectivity index (χ1n) is 7.42. The van der Waals surface area contributed by atoms with Crippen molar-refractivity contribution in [3.8, 4) is 11.5 Å². The van der Waals surface area contributed by atoms with Crippen molar-refractivity contribution in [2.24, 2.45) is 5.73 Å². The van der Waals surface area contributed by atoms with Gasteiger partial charge in [-0.25, -0.2) is 4.79 Å². The third-order valence-corrected chi connectivity index (χ3v) is 3.47. The Morgan fingerprint density at radius 1 is 1.12 bits per heavy atom. The molecule has 132 valence electrons. The lowest BCUT2D eigenvalue weighted by Gasteiger charge is -2.13. The highest BCUT2D eigenvalue weighted by Gasteiger charge is 2.16. The molecule has 0 fully saturated rings. The highest BCUT2D eigenvalue weighted by molar-refractivity contribution is 6.32. The molecule has 0 aromatic heterocycles. The number of anilines is 2. The van der Waals surface area contributed by atoms with Crippen LogP contribution in [0.1, 0.15) is 17.3 Å². The standard InChI is InChI=1S/C17H18ClN3O4/c1-3-25-15-13(18)8-10(9-14(15)24-2)16(22)20-11-4-6-12(7-5-11)21-17(19)23/h4-9H,3H2,1-2H3,(H,20,22)(H3,19,21,23). The summed E-state index contributed by atoms with van der Waals surface area (Å²) in [5.74, 6) is 0.407. The average Bonchev–Trinajstić information content (AvgIpc) is 2.57. The molecule has 25 heavy (non-hydrogen) atoms. The fourth-order valence-electron chi connectivity index (χ4n) is 2.12. The molecule has 0 aliphatic carbocycles. The van der Waals surface area contributed by atoms with Crippen LogP contribution in [0.2, 0.25) is 5.02 Å². The molecular formula is C17H18ClN3O4. The molecule has 0 saturated heterocycles. The van der Waals surface area contributed by atoms with Gasteiger partial charge in [-0.15, -0.1) is 0 Å². The molecule has 0 aliphatic heterocycles. The van der Waals surface area contributed by atoms with Crippen molar-refractivity contribution in [3.05, 3.63) is 47.0 Å². The number of hydrogen-bond acceptors (Lipinski definition) is 4. The highest BCUT2D eigenvalue weighted by atomic mass is 35.5. The van der Waals surface area contributed by atoms with Gasteiger partial charge in [0.05, 0.1) is 18.7 Å². The predicted molar refractivity (Wildman–Crippen MR) is 96.8 cm³/mol. The van der Waals surface area contributed by atoms with Gasteiger partial charge in [-0.3, -0.25) is 4.79 Å². The monoisotopic (exact) mass is 363 g/mol. The first-order chi connectivity index (χ1) is 11.9. The van der Waals surface area contributed by atoms with E-state index in [1.807, 2.05) is 6.92 Å². The molecule has 8 heteroatoms. The minimum atomic E-state index is -0.659. The number of nitrogens with one attached hydrogen (secondary N) is 2. The third-order valence-electron chi connectivity index (χ3n) is 3.19. The second-order valence-electron chi connectivity index (χ2n) is 4.94. The quantitative estimate of drug-likeness (QED) is 0.730. The summed E-state index contributed by atoms with van der Waals surface area (Å²) in [5, 5.41) is 5.45. The number of amides is 3. The molecule has 2 aromatic carbocycles. The molecule has 0 spiro atoms. The van der Waals surface area contributed by atoms with E-state index in [9.17, 15) is 9.59 Å². The van der Waals surface area contributed by atoms with E-state index >= 15 is 0 Å². The van der Waals surface area contributed by atoms with Crippen LogP contribution < -0.4 is 25.8 Å². The number of carbonyl (C=O) groups is 2. The van der Waals surface area contributed by atoms with Crippen LogP contribution in [0, 0.1) is 0 Å². The summed E-state index contributed by atoms with van der Waals surface area (Å²) < 4.78 is 10.7. The molecule has 0 unspecified atom stereocenters. The largest absolute Gasteiger partial charge is 0.493 e. The molecule has 7 nitrogen and oxygen atoms in total. The molecular weight excluding hydrogens is 346 g/mol. The lowest BCUT2D eigenvalue weighted by atomic mass is 10.1. The normalized spacial score (nSPS) is 10.0. The number of rotatable bonds is 6. The molecule has 3 amide bonds. The number of methoxy groups -OCH3 is 1. The van der Waals surface area contributed by atoms with Crippen LogP contribution >= 0.6 is 11.6 Å². The van der Waals surface area contributed by atoms with E-state index in [0.29, 0.717) is 35.0 Å². The zero-order valence-corrected chi connectivity index (χ0v) is 14.5. The first kappa shape index (κ1) is 18.4. The molecule has 4 N–H and O–H groups in total. The summed E-state index contributed by atoms with van der Waals surface area (Å²) in [6.07, 6.45) is 0. The average molecular weight is 364 g/mol. The maximum atomic E-state index is 12.4. The number of urea groups is 1. The maximum Gasteiger partial charge on any atom is 0.316 e. The number of ether oxygens (including phenoxy) is 2. The first-order valence-corrected chi connectivity index (χ1v) is 7.80. The topological polar surface area (TPSA) is 103 Å². The number of halogens is 1.